The maximum atomic E-state index is 5.87. The zero-order valence-corrected chi connectivity index (χ0v) is 9.98. The van der Waals surface area contributed by atoms with Crippen LogP contribution >= 0.6 is 23.4 Å². The van der Waals surface area contributed by atoms with Crippen molar-refractivity contribution in [2.45, 2.75) is 4.90 Å². The first-order chi connectivity index (χ1) is 7.31. The maximum absolute atomic E-state index is 5.87. The zero-order chi connectivity index (χ0) is 10.7. The second-order valence-electron chi connectivity index (χ2n) is 3.21. The first-order valence-corrected chi connectivity index (χ1v) is 6.30. The van der Waals surface area contributed by atoms with Crippen molar-refractivity contribution in [1.82, 2.24) is 0 Å². The Morgan fingerprint density at radius 2 is 1.60 bits per heavy atom. The van der Waals surface area contributed by atoms with Crippen molar-refractivity contribution in [2.75, 3.05) is 6.26 Å². The highest BCUT2D eigenvalue weighted by molar-refractivity contribution is 7.98. The van der Waals surface area contributed by atoms with Crippen molar-refractivity contribution in [2.24, 2.45) is 0 Å². The highest BCUT2D eigenvalue weighted by Gasteiger charge is 2.02. The van der Waals surface area contributed by atoms with Crippen molar-refractivity contribution in [3.05, 3.63) is 53.6 Å². The van der Waals surface area contributed by atoms with Crippen LogP contribution in [0.1, 0.15) is 0 Å². The van der Waals surface area contributed by atoms with E-state index in [1.807, 2.05) is 12.1 Å². The third-order valence-corrected chi connectivity index (χ3v) is 3.31. The minimum absolute atomic E-state index is 0.778. The second-order valence-corrected chi connectivity index (χ2v) is 4.49. The zero-order valence-electron chi connectivity index (χ0n) is 8.41. The van der Waals surface area contributed by atoms with E-state index in [0.717, 1.165) is 5.02 Å². The van der Waals surface area contributed by atoms with E-state index in [1.165, 1.54) is 16.0 Å². The van der Waals surface area contributed by atoms with Crippen LogP contribution in [0, 0.1) is 0 Å². The van der Waals surface area contributed by atoms with Gasteiger partial charge in [0, 0.05) is 9.92 Å². The Bertz CT molecular complexity index is 448. The second kappa shape index (κ2) is 4.73. The van der Waals surface area contributed by atoms with Crippen LogP contribution in [0.3, 0.4) is 0 Å². The van der Waals surface area contributed by atoms with Crippen LogP contribution in [0.2, 0.25) is 5.02 Å². The van der Waals surface area contributed by atoms with Gasteiger partial charge in [0.05, 0.1) is 0 Å². The highest BCUT2D eigenvalue weighted by Crippen LogP contribution is 2.30. The van der Waals surface area contributed by atoms with Crippen molar-refractivity contribution < 1.29 is 0 Å². The van der Waals surface area contributed by atoms with E-state index in [-0.39, 0.29) is 0 Å². The summed E-state index contributed by atoms with van der Waals surface area (Å²) in [6, 6.07) is 16.3. The van der Waals surface area contributed by atoms with E-state index >= 15 is 0 Å². The van der Waals surface area contributed by atoms with Gasteiger partial charge in [-0.2, -0.15) is 0 Å². The summed E-state index contributed by atoms with van der Waals surface area (Å²) >= 11 is 7.63. The van der Waals surface area contributed by atoms with Crippen molar-refractivity contribution in [3.63, 3.8) is 0 Å². The van der Waals surface area contributed by atoms with Gasteiger partial charge in [-0.05, 0) is 35.6 Å². The summed E-state index contributed by atoms with van der Waals surface area (Å²) in [6.07, 6.45) is 2.09. The Labute approximate surface area is 99.3 Å². The summed E-state index contributed by atoms with van der Waals surface area (Å²) in [6.45, 7) is 0. The molecule has 0 radical (unpaired) electrons. The van der Waals surface area contributed by atoms with Gasteiger partial charge in [0.25, 0.3) is 0 Å². The summed E-state index contributed by atoms with van der Waals surface area (Å²) in [5, 5.41) is 0.778. The molecule has 0 saturated carbocycles. The molecule has 0 N–H and O–H groups in total. The van der Waals surface area contributed by atoms with E-state index in [1.54, 1.807) is 11.8 Å². The summed E-state index contributed by atoms with van der Waals surface area (Å²) in [5.41, 5.74) is 2.48. The molecule has 15 heavy (non-hydrogen) atoms. The van der Waals surface area contributed by atoms with Crippen LogP contribution in [-0.4, -0.2) is 6.26 Å². The molecule has 0 fully saturated rings. The van der Waals surface area contributed by atoms with Gasteiger partial charge in [0.2, 0.25) is 0 Å². The Morgan fingerprint density at radius 3 is 2.27 bits per heavy atom. The number of halogens is 1. The van der Waals surface area contributed by atoms with Crippen LogP contribution in [0.25, 0.3) is 11.1 Å². The molecule has 0 amide bonds. The molecule has 0 aliphatic heterocycles. The van der Waals surface area contributed by atoms with Gasteiger partial charge in [-0.15, -0.1) is 11.8 Å². The van der Waals surface area contributed by atoms with Gasteiger partial charge < -0.3 is 0 Å². The molecule has 0 spiro atoms. The molecule has 2 aromatic rings. The molecule has 0 unspecified atom stereocenters. The Balaban J connectivity index is 2.49. The molecule has 0 bridgehead atoms. The molecule has 2 aromatic carbocycles. The van der Waals surface area contributed by atoms with Crippen LogP contribution in [-0.2, 0) is 0 Å². The number of rotatable bonds is 2. The fourth-order valence-corrected chi connectivity index (χ4v) is 2.26. The molecule has 0 saturated heterocycles. The van der Waals surface area contributed by atoms with E-state index in [0.29, 0.717) is 0 Å². The van der Waals surface area contributed by atoms with Gasteiger partial charge in [-0.1, -0.05) is 41.9 Å². The lowest BCUT2D eigenvalue weighted by Gasteiger charge is -2.06. The molecule has 0 aliphatic carbocycles. The fraction of sp³-hybridized carbons (Fsp3) is 0.0769. The Kier molecular flexibility index (Phi) is 3.34. The van der Waals surface area contributed by atoms with Gasteiger partial charge in [-0.3, -0.25) is 0 Å². The molecule has 0 aliphatic rings. The van der Waals surface area contributed by atoms with E-state index in [9.17, 15) is 0 Å². The summed E-state index contributed by atoms with van der Waals surface area (Å²) in [5.74, 6) is 0. The van der Waals surface area contributed by atoms with Gasteiger partial charge in [0.15, 0.2) is 0 Å². The molecular weight excluding hydrogens is 224 g/mol. The smallest absolute Gasteiger partial charge is 0.0406 e. The van der Waals surface area contributed by atoms with Crippen LogP contribution in [0.5, 0.6) is 0 Å². The molecule has 0 nitrogen and oxygen atoms in total. The third kappa shape index (κ3) is 2.36. The molecule has 0 aromatic heterocycles. The third-order valence-electron chi connectivity index (χ3n) is 2.26. The number of benzene rings is 2. The highest BCUT2D eigenvalue weighted by atomic mass is 35.5. The summed E-state index contributed by atoms with van der Waals surface area (Å²) < 4.78 is 0. The Hall–Kier alpha value is -0.920. The minimum atomic E-state index is 0.778. The monoisotopic (exact) mass is 234 g/mol. The predicted molar refractivity (Wildman–Crippen MR) is 68.7 cm³/mol. The maximum Gasteiger partial charge on any atom is 0.0406 e. The first-order valence-electron chi connectivity index (χ1n) is 4.70. The normalized spacial score (nSPS) is 10.3. The SMILES string of the molecule is CSc1ccccc1-c1ccc(Cl)cc1. The van der Waals surface area contributed by atoms with E-state index in [4.69, 9.17) is 11.6 Å². The van der Waals surface area contributed by atoms with Crippen LogP contribution < -0.4 is 0 Å². The van der Waals surface area contributed by atoms with Crippen LogP contribution in [0.4, 0.5) is 0 Å². The average Bonchev–Trinajstić information content (AvgIpc) is 2.30. The van der Waals surface area contributed by atoms with Gasteiger partial charge in [0.1, 0.15) is 0 Å². The summed E-state index contributed by atoms with van der Waals surface area (Å²) in [7, 11) is 0. The van der Waals surface area contributed by atoms with Crippen LogP contribution in [0.15, 0.2) is 53.4 Å². The largest absolute Gasteiger partial charge is 0.129 e. The minimum Gasteiger partial charge on any atom is -0.129 e. The molecule has 2 heteroatoms. The molecule has 76 valence electrons. The average molecular weight is 235 g/mol. The fourth-order valence-electron chi connectivity index (χ4n) is 1.51. The van der Waals surface area contributed by atoms with Crippen molar-refractivity contribution in [3.8, 4) is 11.1 Å². The topological polar surface area (TPSA) is 0 Å². The lowest BCUT2D eigenvalue weighted by molar-refractivity contribution is 1.45. The Morgan fingerprint density at radius 1 is 0.933 bits per heavy atom. The quantitative estimate of drug-likeness (QED) is 0.677. The predicted octanol–water partition coefficient (Wildman–Crippen LogP) is 4.73. The van der Waals surface area contributed by atoms with Crippen molar-refractivity contribution >= 4 is 23.4 Å². The molecule has 2 rings (SSSR count). The van der Waals surface area contributed by atoms with Crippen molar-refractivity contribution in [1.29, 1.82) is 0 Å². The number of hydrogen-bond acceptors (Lipinski definition) is 1. The van der Waals surface area contributed by atoms with Gasteiger partial charge >= 0.3 is 0 Å². The molecule has 0 atom stereocenters. The molecule has 0 heterocycles. The van der Waals surface area contributed by atoms with E-state index < -0.39 is 0 Å². The lowest BCUT2D eigenvalue weighted by atomic mass is 10.1. The molecular formula is C13H11ClS. The first kappa shape index (κ1) is 10.6. The number of hydrogen-bond donors (Lipinski definition) is 0. The lowest BCUT2D eigenvalue weighted by Crippen LogP contribution is -1.80. The number of thioether (sulfide) groups is 1. The summed E-state index contributed by atoms with van der Waals surface area (Å²) in [4.78, 5) is 1.29. The standard InChI is InChI=1S/C13H11ClS/c1-15-13-5-3-2-4-12(13)10-6-8-11(14)9-7-10/h2-9H,1H3. The van der Waals surface area contributed by atoms with E-state index in [2.05, 4.69) is 42.7 Å². The van der Waals surface area contributed by atoms with Gasteiger partial charge in [-0.25, -0.2) is 0 Å².